The van der Waals surface area contributed by atoms with E-state index in [0.29, 0.717) is 5.56 Å². The fourth-order valence-corrected chi connectivity index (χ4v) is 2.43. The summed E-state index contributed by atoms with van der Waals surface area (Å²) in [7, 11) is 0. The van der Waals surface area contributed by atoms with Crippen LogP contribution in [0.4, 0.5) is 10.1 Å². The van der Waals surface area contributed by atoms with Gasteiger partial charge in [0.1, 0.15) is 11.6 Å². The zero-order chi connectivity index (χ0) is 13.2. The summed E-state index contributed by atoms with van der Waals surface area (Å²) in [6, 6.07) is 2.60. The van der Waals surface area contributed by atoms with Crippen molar-refractivity contribution in [2.24, 2.45) is 0 Å². The van der Waals surface area contributed by atoms with Crippen molar-refractivity contribution >= 4 is 5.69 Å². The maximum absolute atomic E-state index is 13.6. The lowest BCUT2D eigenvalue weighted by atomic mass is 9.71. The summed E-state index contributed by atoms with van der Waals surface area (Å²) in [4.78, 5) is 0. The highest BCUT2D eigenvalue weighted by atomic mass is 19.1. The van der Waals surface area contributed by atoms with E-state index in [-0.39, 0.29) is 11.4 Å². The summed E-state index contributed by atoms with van der Waals surface area (Å²) in [5, 5.41) is 9.97. The molecule has 0 radical (unpaired) electrons. The van der Waals surface area contributed by atoms with Crippen molar-refractivity contribution in [1.29, 1.82) is 0 Å². The summed E-state index contributed by atoms with van der Waals surface area (Å²) < 4.78 is 13.6. The zero-order valence-corrected chi connectivity index (χ0v) is 10.7. The molecule has 0 aromatic heterocycles. The Morgan fingerprint density at radius 3 is 2.35 bits per heavy atom. The molecule has 17 heavy (non-hydrogen) atoms. The predicted octanol–water partition coefficient (Wildman–Crippen LogP) is 3.75. The highest BCUT2D eigenvalue weighted by Gasteiger charge is 2.32. The molecule has 0 spiro atoms. The first-order valence-electron chi connectivity index (χ1n) is 5.83. The van der Waals surface area contributed by atoms with Crippen LogP contribution in [0.25, 0.3) is 0 Å². The van der Waals surface area contributed by atoms with Crippen LogP contribution in [-0.4, -0.2) is 5.11 Å². The Morgan fingerprint density at radius 1 is 1.41 bits per heavy atom. The second kappa shape index (κ2) is 4.78. The van der Waals surface area contributed by atoms with Gasteiger partial charge in [0.2, 0.25) is 0 Å². The minimum Gasteiger partial charge on any atom is -0.508 e. The Bertz CT molecular complexity index is 436. The van der Waals surface area contributed by atoms with Crippen LogP contribution in [0.3, 0.4) is 0 Å². The molecule has 3 heteroatoms. The molecule has 94 valence electrons. The van der Waals surface area contributed by atoms with Gasteiger partial charge in [-0.05, 0) is 25.8 Å². The molecule has 0 aliphatic heterocycles. The van der Waals surface area contributed by atoms with Crippen molar-refractivity contribution in [2.75, 3.05) is 5.73 Å². The standard InChI is InChI=1S/C14H20FNO/c1-5-14(6-2,9(3)4)10-7-11(15)12(16)8-13(10)17/h7-8,17H,3,5-6,16H2,1-2,4H3. The van der Waals surface area contributed by atoms with Crippen LogP contribution in [0.2, 0.25) is 0 Å². The van der Waals surface area contributed by atoms with Gasteiger partial charge in [0.25, 0.3) is 0 Å². The van der Waals surface area contributed by atoms with E-state index in [0.717, 1.165) is 18.4 Å². The van der Waals surface area contributed by atoms with Gasteiger partial charge in [-0.3, -0.25) is 0 Å². The van der Waals surface area contributed by atoms with Gasteiger partial charge in [-0.1, -0.05) is 26.0 Å². The summed E-state index contributed by atoms with van der Waals surface area (Å²) >= 11 is 0. The van der Waals surface area contributed by atoms with E-state index in [2.05, 4.69) is 6.58 Å². The Labute approximate surface area is 102 Å². The number of phenolic OH excluding ortho intramolecular Hbond substituents is 1. The number of hydrogen-bond donors (Lipinski definition) is 2. The maximum atomic E-state index is 13.6. The number of halogens is 1. The first-order valence-corrected chi connectivity index (χ1v) is 5.83. The number of rotatable bonds is 4. The minimum atomic E-state index is -0.495. The number of nitrogen functional groups attached to an aromatic ring is 1. The quantitative estimate of drug-likeness (QED) is 0.619. The number of nitrogens with two attached hydrogens (primary N) is 1. The van der Waals surface area contributed by atoms with Crippen LogP contribution in [0.15, 0.2) is 24.3 Å². The molecule has 2 nitrogen and oxygen atoms in total. The van der Waals surface area contributed by atoms with Gasteiger partial charge in [0.05, 0.1) is 5.69 Å². The highest BCUT2D eigenvalue weighted by molar-refractivity contribution is 5.53. The largest absolute Gasteiger partial charge is 0.508 e. The zero-order valence-electron chi connectivity index (χ0n) is 10.7. The lowest BCUT2D eigenvalue weighted by Crippen LogP contribution is -2.26. The maximum Gasteiger partial charge on any atom is 0.146 e. The van der Waals surface area contributed by atoms with Crippen LogP contribution >= 0.6 is 0 Å². The van der Waals surface area contributed by atoms with Crippen molar-refractivity contribution in [3.8, 4) is 5.75 Å². The molecular weight excluding hydrogens is 217 g/mol. The molecule has 0 heterocycles. The first-order chi connectivity index (χ1) is 7.89. The molecule has 0 aliphatic carbocycles. The summed E-state index contributed by atoms with van der Waals surface area (Å²) in [6.07, 6.45) is 1.52. The number of aromatic hydroxyl groups is 1. The molecule has 1 aromatic rings. The summed E-state index contributed by atoms with van der Waals surface area (Å²) in [5.41, 5.74) is 6.50. The van der Waals surface area contributed by atoms with Crippen molar-refractivity contribution < 1.29 is 9.50 Å². The monoisotopic (exact) mass is 237 g/mol. The van der Waals surface area contributed by atoms with E-state index < -0.39 is 11.2 Å². The van der Waals surface area contributed by atoms with Crippen molar-refractivity contribution in [3.63, 3.8) is 0 Å². The molecule has 1 rings (SSSR count). The van der Waals surface area contributed by atoms with Gasteiger partial charge in [0.15, 0.2) is 0 Å². The molecule has 3 N–H and O–H groups in total. The smallest absolute Gasteiger partial charge is 0.146 e. The van der Waals surface area contributed by atoms with E-state index >= 15 is 0 Å². The lowest BCUT2D eigenvalue weighted by Gasteiger charge is -2.33. The van der Waals surface area contributed by atoms with Crippen molar-refractivity contribution in [3.05, 3.63) is 35.7 Å². The highest BCUT2D eigenvalue weighted by Crippen LogP contribution is 2.43. The Kier molecular flexibility index (Phi) is 3.81. The second-order valence-electron chi connectivity index (χ2n) is 4.46. The number of allylic oxidation sites excluding steroid dienone is 1. The van der Waals surface area contributed by atoms with Crippen LogP contribution in [-0.2, 0) is 5.41 Å². The number of anilines is 1. The molecule has 0 saturated carbocycles. The van der Waals surface area contributed by atoms with Crippen LogP contribution in [0.1, 0.15) is 39.2 Å². The van der Waals surface area contributed by atoms with Crippen LogP contribution < -0.4 is 5.73 Å². The Hall–Kier alpha value is -1.51. The molecule has 0 bridgehead atoms. The fraction of sp³-hybridized carbons (Fsp3) is 0.429. The van der Waals surface area contributed by atoms with Gasteiger partial charge < -0.3 is 10.8 Å². The number of benzene rings is 1. The molecular formula is C14H20FNO. The molecule has 0 atom stereocenters. The average molecular weight is 237 g/mol. The molecule has 0 amide bonds. The van der Waals surface area contributed by atoms with E-state index in [1.807, 2.05) is 20.8 Å². The summed E-state index contributed by atoms with van der Waals surface area (Å²) in [5.74, 6) is -0.457. The van der Waals surface area contributed by atoms with Crippen LogP contribution in [0, 0.1) is 5.82 Å². The molecule has 0 aliphatic rings. The van der Waals surface area contributed by atoms with E-state index in [1.54, 1.807) is 0 Å². The third-order valence-electron chi connectivity index (χ3n) is 3.65. The number of phenols is 1. The van der Waals surface area contributed by atoms with Gasteiger partial charge in [0, 0.05) is 17.0 Å². The molecule has 0 fully saturated rings. The molecule has 0 saturated heterocycles. The Morgan fingerprint density at radius 2 is 1.94 bits per heavy atom. The third kappa shape index (κ3) is 2.14. The van der Waals surface area contributed by atoms with Crippen molar-refractivity contribution in [1.82, 2.24) is 0 Å². The van der Waals surface area contributed by atoms with Gasteiger partial charge >= 0.3 is 0 Å². The normalized spacial score (nSPS) is 11.5. The average Bonchev–Trinajstić information content (AvgIpc) is 2.27. The first kappa shape index (κ1) is 13.6. The van der Waals surface area contributed by atoms with E-state index in [1.165, 1.54) is 12.1 Å². The van der Waals surface area contributed by atoms with Gasteiger partial charge in [-0.25, -0.2) is 4.39 Å². The van der Waals surface area contributed by atoms with E-state index in [9.17, 15) is 9.50 Å². The van der Waals surface area contributed by atoms with Gasteiger partial charge in [-0.2, -0.15) is 0 Å². The molecule has 1 aromatic carbocycles. The SMILES string of the molecule is C=C(C)C(CC)(CC)c1cc(F)c(N)cc1O. The lowest BCUT2D eigenvalue weighted by molar-refractivity contribution is 0.412. The predicted molar refractivity (Wildman–Crippen MR) is 69.6 cm³/mol. The van der Waals surface area contributed by atoms with Gasteiger partial charge in [-0.15, -0.1) is 0 Å². The molecule has 0 unspecified atom stereocenters. The minimum absolute atomic E-state index is 0.0333. The fourth-order valence-electron chi connectivity index (χ4n) is 2.43. The topological polar surface area (TPSA) is 46.2 Å². The summed E-state index contributed by atoms with van der Waals surface area (Å²) in [6.45, 7) is 9.89. The second-order valence-corrected chi connectivity index (χ2v) is 4.46. The number of hydrogen-bond acceptors (Lipinski definition) is 2. The Balaban J connectivity index is 3.48. The third-order valence-corrected chi connectivity index (χ3v) is 3.65. The van der Waals surface area contributed by atoms with Crippen molar-refractivity contribution in [2.45, 2.75) is 39.0 Å². The van der Waals surface area contributed by atoms with Crippen LogP contribution in [0.5, 0.6) is 5.75 Å². The van der Waals surface area contributed by atoms with E-state index in [4.69, 9.17) is 5.73 Å².